The zero-order chi connectivity index (χ0) is 22.6. The van der Waals surface area contributed by atoms with E-state index in [0.29, 0.717) is 31.5 Å². The molecule has 2 aromatic rings. The van der Waals surface area contributed by atoms with Crippen molar-refractivity contribution in [1.29, 1.82) is 0 Å². The molecule has 1 fully saturated rings. The molecular formula is C21H24FN3O5S. The normalized spacial score (nSPS) is 14.9. The number of halogens is 1. The van der Waals surface area contributed by atoms with E-state index in [9.17, 15) is 22.4 Å². The van der Waals surface area contributed by atoms with Gasteiger partial charge in [0, 0.05) is 30.3 Å². The first-order chi connectivity index (χ1) is 14.7. The van der Waals surface area contributed by atoms with Crippen molar-refractivity contribution in [1.82, 2.24) is 14.9 Å². The van der Waals surface area contributed by atoms with Crippen molar-refractivity contribution in [3.05, 3.63) is 59.4 Å². The number of benzene rings is 2. The third-order valence-electron chi connectivity index (χ3n) is 5.19. The van der Waals surface area contributed by atoms with Crippen LogP contribution in [0.1, 0.15) is 33.6 Å². The van der Waals surface area contributed by atoms with E-state index in [1.54, 1.807) is 4.90 Å². The molecule has 3 rings (SSSR count). The lowest BCUT2D eigenvalue weighted by atomic mass is 10.0. The monoisotopic (exact) mass is 449 g/mol. The molecule has 0 saturated carbocycles. The van der Waals surface area contributed by atoms with Crippen molar-refractivity contribution in [2.75, 3.05) is 27.2 Å². The molecule has 2 amide bonds. The number of carbonyl (C=O) groups excluding carboxylic acids is 2. The maximum atomic E-state index is 13.0. The minimum Gasteiger partial charge on any atom is -0.495 e. The summed E-state index contributed by atoms with van der Waals surface area (Å²) in [5, 5.41) is 2.90. The molecule has 0 spiro atoms. The molecule has 31 heavy (non-hydrogen) atoms. The Balaban J connectivity index is 1.64. The Morgan fingerprint density at radius 2 is 1.68 bits per heavy atom. The molecule has 1 heterocycles. The molecule has 0 bridgehead atoms. The molecular weight excluding hydrogens is 425 g/mol. The molecule has 1 aliphatic rings. The maximum absolute atomic E-state index is 13.0. The SMILES string of the molecule is CNS(=O)(=O)c1cc(C(=O)N2CCC(NC(=O)c3ccc(F)cc3)CC2)ccc1OC. The van der Waals surface area contributed by atoms with Gasteiger partial charge in [-0.15, -0.1) is 0 Å². The Morgan fingerprint density at radius 1 is 1.06 bits per heavy atom. The van der Waals surface area contributed by atoms with Crippen molar-refractivity contribution in [3.8, 4) is 5.75 Å². The first-order valence-corrected chi connectivity index (χ1v) is 11.2. The predicted molar refractivity (Wildman–Crippen MR) is 112 cm³/mol. The number of carbonyl (C=O) groups is 2. The molecule has 0 atom stereocenters. The topological polar surface area (TPSA) is 105 Å². The molecule has 166 valence electrons. The molecule has 0 aliphatic carbocycles. The third-order valence-corrected chi connectivity index (χ3v) is 6.63. The summed E-state index contributed by atoms with van der Waals surface area (Å²) >= 11 is 0. The zero-order valence-electron chi connectivity index (χ0n) is 17.2. The van der Waals surface area contributed by atoms with Crippen LogP contribution in [-0.4, -0.2) is 58.4 Å². The van der Waals surface area contributed by atoms with Crippen LogP contribution in [0.4, 0.5) is 4.39 Å². The fourth-order valence-electron chi connectivity index (χ4n) is 3.41. The predicted octanol–water partition coefficient (Wildman–Crippen LogP) is 1.78. The molecule has 8 nitrogen and oxygen atoms in total. The standard InChI is InChI=1S/C21H24FN3O5S/c1-23-31(28,29)19-13-15(5-8-18(19)30-2)21(27)25-11-9-17(10-12-25)24-20(26)14-3-6-16(22)7-4-14/h3-8,13,17,23H,9-12H2,1-2H3,(H,24,26). The first-order valence-electron chi connectivity index (χ1n) is 9.72. The average molecular weight is 450 g/mol. The number of hydrogen-bond donors (Lipinski definition) is 2. The number of sulfonamides is 1. The van der Waals surface area contributed by atoms with E-state index in [4.69, 9.17) is 4.74 Å². The number of hydrogen-bond acceptors (Lipinski definition) is 5. The fraction of sp³-hybridized carbons (Fsp3) is 0.333. The van der Waals surface area contributed by atoms with Gasteiger partial charge in [-0.05, 0) is 62.4 Å². The molecule has 1 saturated heterocycles. The molecule has 0 unspecified atom stereocenters. The smallest absolute Gasteiger partial charge is 0.253 e. The van der Waals surface area contributed by atoms with Gasteiger partial charge in [0.1, 0.15) is 16.5 Å². The number of piperidine rings is 1. The molecule has 0 aromatic heterocycles. The van der Waals surface area contributed by atoms with Crippen LogP contribution in [0.3, 0.4) is 0 Å². The number of methoxy groups -OCH3 is 1. The number of nitrogens with one attached hydrogen (secondary N) is 2. The third kappa shape index (κ3) is 5.20. The van der Waals surface area contributed by atoms with Crippen LogP contribution < -0.4 is 14.8 Å². The second-order valence-corrected chi connectivity index (χ2v) is 8.97. The minimum absolute atomic E-state index is 0.107. The van der Waals surface area contributed by atoms with Crippen molar-refractivity contribution < 1.29 is 27.1 Å². The lowest BCUT2D eigenvalue weighted by Crippen LogP contribution is -2.46. The van der Waals surface area contributed by atoms with Gasteiger partial charge in [-0.1, -0.05) is 0 Å². The summed E-state index contributed by atoms with van der Waals surface area (Å²) in [4.78, 5) is 26.7. The molecule has 2 aromatic carbocycles. The van der Waals surface area contributed by atoms with Crippen molar-refractivity contribution in [2.24, 2.45) is 0 Å². The molecule has 10 heteroatoms. The Morgan fingerprint density at radius 3 is 2.26 bits per heavy atom. The fourth-order valence-corrected chi connectivity index (χ4v) is 4.33. The van der Waals surface area contributed by atoms with E-state index in [2.05, 4.69) is 10.0 Å². The molecule has 1 aliphatic heterocycles. The maximum Gasteiger partial charge on any atom is 0.253 e. The summed E-state index contributed by atoms with van der Waals surface area (Å²) in [6.07, 6.45) is 1.10. The van der Waals surface area contributed by atoms with Gasteiger partial charge in [0.05, 0.1) is 7.11 Å². The summed E-state index contributed by atoms with van der Waals surface area (Å²) in [6, 6.07) is 9.47. The molecule has 2 N–H and O–H groups in total. The van der Waals surface area contributed by atoms with Gasteiger partial charge in [-0.25, -0.2) is 17.5 Å². The lowest BCUT2D eigenvalue weighted by Gasteiger charge is -2.32. The summed E-state index contributed by atoms with van der Waals surface area (Å²) < 4.78 is 44.8. The van der Waals surface area contributed by atoms with Crippen LogP contribution in [0.15, 0.2) is 47.4 Å². The van der Waals surface area contributed by atoms with Crippen molar-refractivity contribution >= 4 is 21.8 Å². The van der Waals surface area contributed by atoms with E-state index in [0.717, 1.165) is 0 Å². The van der Waals surface area contributed by atoms with Crippen LogP contribution in [0.25, 0.3) is 0 Å². The Bertz CT molecular complexity index is 1060. The summed E-state index contributed by atoms with van der Waals surface area (Å²) in [7, 11) is -1.15. The van der Waals surface area contributed by atoms with E-state index in [1.165, 1.54) is 56.6 Å². The van der Waals surface area contributed by atoms with Gasteiger partial charge in [0.2, 0.25) is 10.0 Å². The second kappa shape index (κ2) is 9.44. The number of ether oxygens (including phenoxy) is 1. The number of amides is 2. The highest BCUT2D eigenvalue weighted by molar-refractivity contribution is 7.89. The van der Waals surface area contributed by atoms with E-state index >= 15 is 0 Å². The molecule has 0 radical (unpaired) electrons. The highest BCUT2D eigenvalue weighted by Crippen LogP contribution is 2.26. The van der Waals surface area contributed by atoms with Crippen LogP contribution in [0.5, 0.6) is 5.75 Å². The van der Waals surface area contributed by atoms with Crippen LogP contribution in [0, 0.1) is 5.82 Å². The Kier molecular flexibility index (Phi) is 6.91. The van der Waals surface area contributed by atoms with Crippen LogP contribution in [0.2, 0.25) is 0 Å². The second-order valence-electron chi connectivity index (χ2n) is 7.12. The average Bonchev–Trinajstić information content (AvgIpc) is 2.79. The summed E-state index contributed by atoms with van der Waals surface area (Å²) in [5.74, 6) is -0.846. The number of rotatable bonds is 6. The lowest BCUT2D eigenvalue weighted by molar-refractivity contribution is 0.0698. The summed E-state index contributed by atoms with van der Waals surface area (Å²) in [6.45, 7) is 0.820. The van der Waals surface area contributed by atoms with Crippen LogP contribution >= 0.6 is 0 Å². The highest BCUT2D eigenvalue weighted by atomic mass is 32.2. The van der Waals surface area contributed by atoms with Gasteiger partial charge in [0.25, 0.3) is 11.8 Å². The van der Waals surface area contributed by atoms with Gasteiger partial charge >= 0.3 is 0 Å². The van der Waals surface area contributed by atoms with Crippen molar-refractivity contribution in [3.63, 3.8) is 0 Å². The quantitative estimate of drug-likeness (QED) is 0.700. The highest BCUT2D eigenvalue weighted by Gasteiger charge is 2.27. The number of likely N-dealkylation sites (tertiary alicyclic amines) is 1. The first kappa shape index (κ1) is 22.7. The van der Waals surface area contributed by atoms with Gasteiger partial charge < -0.3 is 15.0 Å². The largest absolute Gasteiger partial charge is 0.495 e. The van der Waals surface area contributed by atoms with E-state index < -0.39 is 15.8 Å². The minimum atomic E-state index is -3.80. The zero-order valence-corrected chi connectivity index (χ0v) is 18.0. The number of nitrogens with zero attached hydrogens (tertiary/aromatic N) is 1. The van der Waals surface area contributed by atoms with Gasteiger partial charge in [-0.3, -0.25) is 9.59 Å². The van der Waals surface area contributed by atoms with Crippen LogP contribution in [-0.2, 0) is 10.0 Å². The summed E-state index contributed by atoms with van der Waals surface area (Å²) in [5.41, 5.74) is 0.611. The van der Waals surface area contributed by atoms with E-state index in [1.807, 2.05) is 0 Å². The van der Waals surface area contributed by atoms with Crippen molar-refractivity contribution in [2.45, 2.75) is 23.8 Å². The van der Waals surface area contributed by atoms with Gasteiger partial charge in [0.15, 0.2) is 0 Å². The van der Waals surface area contributed by atoms with E-state index in [-0.39, 0.29) is 34.1 Å². The Hall–Kier alpha value is -2.98. The Labute approximate surface area is 180 Å². The van der Waals surface area contributed by atoms with Gasteiger partial charge in [-0.2, -0.15) is 0 Å².